The second-order valence-corrected chi connectivity index (χ2v) is 6.29. The maximum Gasteiger partial charge on any atom is 0.274 e. The summed E-state index contributed by atoms with van der Waals surface area (Å²) in [5, 5.41) is 2.92. The number of aromatic nitrogens is 2. The molecule has 3 aromatic rings. The van der Waals surface area contributed by atoms with Crippen molar-refractivity contribution in [3.8, 4) is 11.4 Å². The topological polar surface area (TPSA) is 58.1 Å². The Morgan fingerprint density at radius 3 is 2.26 bits per heavy atom. The second kappa shape index (κ2) is 8.45. The van der Waals surface area contributed by atoms with Crippen LogP contribution >= 0.6 is 0 Å². The van der Waals surface area contributed by atoms with Gasteiger partial charge in [0.1, 0.15) is 11.5 Å². The fourth-order valence-electron chi connectivity index (χ4n) is 2.81. The minimum absolute atomic E-state index is 0.244. The van der Waals surface area contributed by atoms with E-state index in [-0.39, 0.29) is 5.91 Å². The molecule has 1 heterocycles. The first-order valence-electron chi connectivity index (χ1n) is 9.18. The lowest BCUT2D eigenvalue weighted by Gasteiger charge is -2.21. The summed E-state index contributed by atoms with van der Waals surface area (Å²) in [6, 6.07) is 19.2. The molecule has 0 bridgehead atoms. The molecule has 0 aliphatic carbocycles. The van der Waals surface area contributed by atoms with Gasteiger partial charge in [0.15, 0.2) is 5.82 Å². The average Bonchev–Trinajstić information content (AvgIpc) is 2.71. The molecule has 3 rings (SSSR count). The number of nitrogens with one attached hydrogen (secondary N) is 1. The second-order valence-electron chi connectivity index (χ2n) is 6.29. The van der Waals surface area contributed by atoms with Crippen LogP contribution in [0.2, 0.25) is 0 Å². The maximum absolute atomic E-state index is 12.8. The van der Waals surface area contributed by atoms with Gasteiger partial charge in [-0.25, -0.2) is 9.97 Å². The highest BCUT2D eigenvalue weighted by Gasteiger charge is 2.15. The van der Waals surface area contributed by atoms with Gasteiger partial charge in [0.2, 0.25) is 0 Å². The van der Waals surface area contributed by atoms with Crippen LogP contribution in [0, 0.1) is 6.92 Å². The molecule has 0 fully saturated rings. The number of carbonyl (C=O) groups excluding carboxylic acids is 1. The van der Waals surface area contributed by atoms with Crippen molar-refractivity contribution in [1.29, 1.82) is 0 Å². The standard InChI is InChI=1S/C22H24N4O/c1-4-26(5-2)20-15-19(22(27)23-18-13-11-16(3)12-14-18)24-21(25-20)17-9-7-6-8-10-17/h6-15H,4-5H2,1-3H3,(H,23,27). The molecule has 0 spiro atoms. The first-order chi connectivity index (χ1) is 13.1. The Kier molecular flexibility index (Phi) is 5.81. The van der Waals surface area contributed by atoms with E-state index in [1.54, 1.807) is 6.07 Å². The van der Waals surface area contributed by atoms with Gasteiger partial charge >= 0.3 is 0 Å². The number of benzene rings is 2. The van der Waals surface area contributed by atoms with Crippen molar-refractivity contribution in [2.75, 3.05) is 23.3 Å². The van der Waals surface area contributed by atoms with Gasteiger partial charge in [-0.15, -0.1) is 0 Å². The van der Waals surface area contributed by atoms with Crippen molar-refractivity contribution in [2.24, 2.45) is 0 Å². The summed E-state index contributed by atoms with van der Waals surface area (Å²) < 4.78 is 0. The molecule has 1 aromatic heterocycles. The molecule has 0 unspecified atom stereocenters. The smallest absolute Gasteiger partial charge is 0.274 e. The van der Waals surface area contributed by atoms with Crippen LogP contribution in [-0.4, -0.2) is 29.0 Å². The van der Waals surface area contributed by atoms with Crippen molar-refractivity contribution in [3.05, 3.63) is 71.9 Å². The van der Waals surface area contributed by atoms with Crippen molar-refractivity contribution < 1.29 is 4.79 Å². The lowest BCUT2D eigenvalue weighted by Crippen LogP contribution is -2.24. The lowest BCUT2D eigenvalue weighted by atomic mass is 10.2. The number of anilines is 2. The molecule has 27 heavy (non-hydrogen) atoms. The third kappa shape index (κ3) is 4.50. The zero-order chi connectivity index (χ0) is 19.2. The summed E-state index contributed by atoms with van der Waals surface area (Å²) in [4.78, 5) is 24.1. The van der Waals surface area contributed by atoms with E-state index in [1.165, 1.54) is 0 Å². The molecule has 5 nitrogen and oxygen atoms in total. The lowest BCUT2D eigenvalue weighted by molar-refractivity contribution is 0.102. The Morgan fingerprint density at radius 2 is 1.63 bits per heavy atom. The van der Waals surface area contributed by atoms with Gasteiger partial charge < -0.3 is 10.2 Å². The molecule has 0 aliphatic rings. The molecule has 0 saturated carbocycles. The van der Waals surface area contributed by atoms with Gasteiger partial charge in [0, 0.05) is 30.4 Å². The number of rotatable bonds is 6. The predicted molar refractivity (Wildman–Crippen MR) is 110 cm³/mol. The molecule has 0 aliphatic heterocycles. The average molecular weight is 360 g/mol. The molecule has 0 saturated heterocycles. The van der Waals surface area contributed by atoms with Crippen LogP contribution in [0.3, 0.4) is 0 Å². The van der Waals surface area contributed by atoms with Crippen LogP contribution in [0.1, 0.15) is 29.9 Å². The zero-order valence-corrected chi connectivity index (χ0v) is 15.9. The summed E-state index contributed by atoms with van der Waals surface area (Å²) in [6.45, 7) is 7.76. The van der Waals surface area contributed by atoms with E-state index in [0.717, 1.165) is 35.7 Å². The monoisotopic (exact) mass is 360 g/mol. The van der Waals surface area contributed by atoms with Gasteiger partial charge in [0.25, 0.3) is 5.91 Å². The van der Waals surface area contributed by atoms with E-state index in [2.05, 4.69) is 34.0 Å². The Bertz CT molecular complexity index is 903. The Hall–Kier alpha value is -3.21. The molecule has 2 aromatic carbocycles. The van der Waals surface area contributed by atoms with Crippen LogP contribution in [0.4, 0.5) is 11.5 Å². The first-order valence-corrected chi connectivity index (χ1v) is 9.18. The van der Waals surface area contributed by atoms with Crippen molar-refractivity contribution in [1.82, 2.24) is 9.97 Å². The van der Waals surface area contributed by atoms with Gasteiger partial charge in [-0.1, -0.05) is 48.0 Å². The van der Waals surface area contributed by atoms with Gasteiger partial charge in [-0.3, -0.25) is 4.79 Å². The summed E-state index contributed by atoms with van der Waals surface area (Å²) >= 11 is 0. The maximum atomic E-state index is 12.8. The number of carbonyl (C=O) groups is 1. The van der Waals surface area contributed by atoms with E-state index >= 15 is 0 Å². The summed E-state index contributed by atoms with van der Waals surface area (Å²) in [6.07, 6.45) is 0. The van der Waals surface area contributed by atoms with E-state index in [4.69, 9.17) is 0 Å². The van der Waals surface area contributed by atoms with Gasteiger partial charge in [-0.2, -0.15) is 0 Å². The van der Waals surface area contributed by atoms with Gasteiger partial charge in [0.05, 0.1) is 0 Å². The van der Waals surface area contributed by atoms with Crippen LogP contribution in [0.25, 0.3) is 11.4 Å². The number of aryl methyl sites for hydroxylation is 1. The van der Waals surface area contributed by atoms with Crippen molar-refractivity contribution >= 4 is 17.4 Å². The van der Waals surface area contributed by atoms with Crippen molar-refractivity contribution in [2.45, 2.75) is 20.8 Å². The van der Waals surface area contributed by atoms with E-state index < -0.39 is 0 Å². The highest BCUT2D eigenvalue weighted by atomic mass is 16.1. The third-order valence-electron chi connectivity index (χ3n) is 4.37. The molecule has 1 N–H and O–H groups in total. The SMILES string of the molecule is CCN(CC)c1cc(C(=O)Nc2ccc(C)cc2)nc(-c2ccccc2)n1. The predicted octanol–water partition coefficient (Wildman–Crippen LogP) is 4.55. The normalized spacial score (nSPS) is 10.5. The zero-order valence-electron chi connectivity index (χ0n) is 15.9. The minimum Gasteiger partial charge on any atom is -0.357 e. The van der Waals surface area contributed by atoms with E-state index in [1.807, 2.05) is 61.5 Å². The van der Waals surface area contributed by atoms with Gasteiger partial charge in [-0.05, 0) is 32.9 Å². The third-order valence-corrected chi connectivity index (χ3v) is 4.37. The Labute approximate surface area is 160 Å². The largest absolute Gasteiger partial charge is 0.357 e. The number of hydrogen-bond acceptors (Lipinski definition) is 4. The molecule has 0 radical (unpaired) electrons. The fourth-order valence-corrected chi connectivity index (χ4v) is 2.81. The van der Waals surface area contributed by atoms with Crippen LogP contribution in [0.15, 0.2) is 60.7 Å². The fraction of sp³-hybridized carbons (Fsp3) is 0.227. The molecular formula is C22H24N4O. The number of amides is 1. The molecule has 138 valence electrons. The summed E-state index contributed by atoms with van der Waals surface area (Å²) in [5.41, 5.74) is 3.13. The molecular weight excluding hydrogens is 336 g/mol. The van der Waals surface area contributed by atoms with E-state index in [9.17, 15) is 4.79 Å². The van der Waals surface area contributed by atoms with Crippen LogP contribution < -0.4 is 10.2 Å². The van der Waals surface area contributed by atoms with Crippen LogP contribution in [0.5, 0.6) is 0 Å². The highest BCUT2D eigenvalue weighted by Crippen LogP contribution is 2.21. The molecule has 1 amide bonds. The number of hydrogen-bond donors (Lipinski definition) is 1. The highest BCUT2D eigenvalue weighted by molar-refractivity contribution is 6.03. The summed E-state index contributed by atoms with van der Waals surface area (Å²) in [7, 11) is 0. The van der Waals surface area contributed by atoms with E-state index in [0.29, 0.717) is 11.5 Å². The molecule has 5 heteroatoms. The number of nitrogens with zero attached hydrogens (tertiary/aromatic N) is 3. The summed E-state index contributed by atoms with van der Waals surface area (Å²) in [5.74, 6) is 1.06. The van der Waals surface area contributed by atoms with Crippen molar-refractivity contribution in [3.63, 3.8) is 0 Å². The minimum atomic E-state index is -0.244. The molecule has 0 atom stereocenters. The Morgan fingerprint density at radius 1 is 0.963 bits per heavy atom. The van der Waals surface area contributed by atoms with Crippen LogP contribution in [-0.2, 0) is 0 Å². The first kappa shape index (κ1) is 18.6. The Balaban J connectivity index is 1.98. The quantitative estimate of drug-likeness (QED) is 0.700.